The second-order valence-electron chi connectivity index (χ2n) is 10.4. The van der Waals surface area contributed by atoms with Crippen LogP contribution in [0.3, 0.4) is 0 Å². The molecule has 0 bridgehead atoms. The van der Waals surface area contributed by atoms with E-state index in [1.807, 2.05) is 0 Å². The first-order valence-corrected chi connectivity index (χ1v) is 13.5. The van der Waals surface area contributed by atoms with Gasteiger partial charge in [0.05, 0.1) is 33.1 Å². The molecule has 4 heteroatoms. The van der Waals surface area contributed by atoms with Crippen molar-refractivity contribution in [3.05, 3.63) is 134 Å². The van der Waals surface area contributed by atoms with Crippen molar-refractivity contribution in [1.29, 1.82) is 0 Å². The standard InChI is InChI=1S/C36H22N4/c1-2-10-25(11-3-1)39-34-19-24-9-5-4-8-23(24)18-28(34)30-21-29-27-12-6-7-13-33(27)40(35(29)22-36(30)39)26-14-15-31-32(20-26)38-17-16-37-31/h1-22H. The smallest absolute Gasteiger partial charge is 0.0907 e. The maximum Gasteiger partial charge on any atom is 0.0907 e. The molecule has 3 heterocycles. The van der Waals surface area contributed by atoms with Gasteiger partial charge in [0.25, 0.3) is 0 Å². The number of hydrogen-bond acceptors (Lipinski definition) is 2. The van der Waals surface area contributed by atoms with Crippen molar-refractivity contribution in [2.24, 2.45) is 0 Å². The maximum absolute atomic E-state index is 4.59. The molecule has 0 unspecified atom stereocenters. The highest BCUT2D eigenvalue weighted by Crippen LogP contribution is 2.40. The lowest BCUT2D eigenvalue weighted by molar-refractivity contribution is 1.16. The first kappa shape index (κ1) is 21.5. The maximum atomic E-state index is 4.59. The molecule has 0 radical (unpaired) electrons. The summed E-state index contributed by atoms with van der Waals surface area (Å²) in [4.78, 5) is 9.08. The summed E-state index contributed by atoms with van der Waals surface area (Å²) in [6, 6.07) is 43.8. The summed E-state index contributed by atoms with van der Waals surface area (Å²) < 4.78 is 4.77. The molecule has 9 aromatic rings. The van der Waals surface area contributed by atoms with Gasteiger partial charge in [-0.05, 0) is 71.4 Å². The SMILES string of the molecule is c1ccc(-n2c3cc4ccccc4cc3c3cc4c5ccccc5n(-c5ccc6nccnc6c5)c4cc32)cc1. The second kappa shape index (κ2) is 8.01. The molecule has 0 saturated heterocycles. The van der Waals surface area contributed by atoms with Gasteiger partial charge in [0.15, 0.2) is 0 Å². The van der Waals surface area contributed by atoms with E-state index in [1.165, 1.54) is 54.4 Å². The number of hydrogen-bond donors (Lipinski definition) is 0. The van der Waals surface area contributed by atoms with Gasteiger partial charge in [0.2, 0.25) is 0 Å². The zero-order chi connectivity index (χ0) is 26.2. The van der Waals surface area contributed by atoms with E-state index < -0.39 is 0 Å². The number of benzene rings is 6. The zero-order valence-corrected chi connectivity index (χ0v) is 21.5. The van der Waals surface area contributed by atoms with Crippen molar-refractivity contribution in [1.82, 2.24) is 19.1 Å². The molecule has 0 aliphatic heterocycles. The largest absolute Gasteiger partial charge is 0.309 e. The first-order chi connectivity index (χ1) is 19.8. The van der Waals surface area contributed by atoms with E-state index in [2.05, 4.69) is 140 Å². The van der Waals surface area contributed by atoms with Crippen LogP contribution in [0, 0.1) is 0 Å². The van der Waals surface area contributed by atoms with Gasteiger partial charge in [-0.25, -0.2) is 0 Å². The van der Waals surface area contributed by atoms with Gasteiger partial charge in [0, 0.05) is 45.3 Å². The third kappa shape index (κ3) is 2.96. The van der Waals surface area contributed by atoms with Crippen LogP contribution in [-0.4, -0.2) is 19.1 Å². The molecule has 3 aromatic heterocycles. The Kier molecular flexibility index (Phi) is 4.30. The highest BCUT2D eigenvalue weighted by molar-refractivity contribution is 6.20. The monoisotopic (exact) mass is 510 g/mol. The molecule has 0 N–H and O–H groups in total. The highest BCUT2D eigenvalue weighted by Gasteiger charge is 2.19. The van der Waals surface area contributed by atoms with Crippen LogP contribution in [0.4, 0.5) is 0 Å². The van der Waals surface area contributed by atoms with Crippen molar-refractivity contribution in [3.63, 3.8) is 0 Å². The Hall–Kier alpha value is -5.48. The van der Waals surface area contributed by atoms with E-state index in [9.17, 15) is 0 Å². The quantitative estimate of drug-likeness (QED) is 0.233. The third-order valence-corrected chi connectivity index (χ3v) is 8.15. The predicted molar refractivity (Wildman–Crippen MR) is 166 cm³/mol. The fourth-order valence-electron chi connectivity index (χ4n) is 6.39. The van der Waals surface area contributed by atoms with Gasteiger partial charge < -0.3 is 9.13 Å². The molecule has 0 aliphatic carbocycles. The van der Waals surface area contributed by atoms with Gasteiger partial charge in [-0.3, -0.25) is 9.97 Å². The molecule has 0 saturated carbocycles. The number of aromatic nitrogens is 4. The van der Waals surface area contributed by atoms with Gasteiger partial charge in [-0.1, -0.05) is 60.7 Å². The predicted octanol–water partition coefficient (Wildman–Crippen LogP) is 8.98. The summed E-state index contributed by atoms with van der Waals surface area (Å²) >= 11 is 0. The zero-order valence-electron chi connectivity index (χ0n) is 21.5. The average molecular weight is 511 g/mol. The van der Waals surface area contributed by atoms with Crippen molar-refractivity contribution >= 4 is 65.4 Å². The summed E-state index contributed by atoms with van der Waals surface area (Å²) in [5.74, 6) is 0. The fourth-order valence-corrected chi connectivity index (χ4v) is 6.39. The lowest BCUT2D eigenvalue weighted by atomic mass is 10.0. The Bertz CT molecular complexity index is 2430. The topological polar surface area (TPSA) is 35.6 Å². The summed E-state index contributed by atoms with van der Waals surface area (Å²) in [7, 11) is 0. The molecule has 9 rings (SSSR count). The number of nitrogens with zero attached hydrogens (tertiary/aromatic N) is 4. The van der Waals surface area contributed by atoms with Gasteiger partial charge in [-0.2, -0.15) is 0 Å². The Morgan fingerprint density at radius 1 is 0.375 bits per heavy atom. The minimum atomic E-state index is 0.886. The average Bonchev–Trinajstić information content (AvgIpc) is 3.50. The molecule has 6 aromatic carbocycles. The van der Waals surface area contributed by atoms with Crippen LogP contribution in [-0.2, 0) is 0 Å². The molecule has 0 atom stereocenters. The van der Waals surface area contributed by atoms with E-state index >= 15 is 0 Å². The normalized spacial score (nSPS) is 12.0. The van der Waals surface area contributed by atoms with E-state index in [0.717, 1.165) is 22.4 Å². The van der Waals surface area contributed by atoms with Crippen LogP contribution in [0.5, 0.6) is 0 Å². The summed E-state index contributed by atoms with van der Waals surface area (Å²) in [6.45, 7) is 0. The molecular formula is C36H22N4. The first-order valence-electron chi connectivity index (χ1n) is 13.5. The third-order valence-electron chi connectivity index (χ3n) is 8.15. The minimum Gasteiger partial charge on any atom is -0.309 e. The summed E-state index contributed by atoms with van der Waals surface area (Å²) in [5, 5.41) is 7.48. The van der Waals surface area contributed by atoms with Crippen LogP contribution >= 0.6 is 0 Å². The van der Waals surface area contributed by atoms with Crippen LogP contribution < -0.4 is 0 Å². The Morgan fingerprint density at radius 2 is 1.00 bits per heavy atom. The lowest BCUT2D eigenvalue weighted by Crippen LogP contribution is -1.96. The van der Waals surface area contributed by atoms with Crippen LogP contribution in [0.2, 0.25) is 0 Å². The van der Waals surface area contributed by atoms with Crippen molar-refractivity contribution in [2.75, 3.05) is 0 Å². The van der Waals surface area contributed by atoms with Gasteiger partial charge in [-0.15, -0.1) is 0 Å². The summed E-state index contributed by atoms with van der Waals surface area (Å²) in [6.07, 6.45) is 3.49. The summed E-state index contributed by atoms with van der Waals surface area (Å²) in [5.41, 5.74) is 8.75. The van der Waals surface area contributed by atoms with E-state index in [1.54, 1.807) is 12.4 Å². The molecule has 0 amide bonds. The van der Waals surface area contributed by atoms with Crippen molar-refractivity contribution in [3.8, 4) is 11.4 Å². The Labute approximate surface area is 229 Å². The molecule has 0 spiro atoms. The van der Waals surface area contributed by atoms with E-state index in [4.69, 9.17) is 0 Å². The minimum absolute atomic E-state index is 0.886. The molecular weight excluding hydrogens is 488 g/mol. The van der Waals surface area contributed by atoms with Crippen molar-refractivity contribution < 1.29 is 0 Å². The van der Waals surface area contributed by atoms with Crippen LogP contribution in [0.15, 0.2) is 134 Å². The number of rotatable bonds is 2. The van der Waals surface area contributed by atoms with Gasteiger partial charge in [0.1, 0.15) is 0 Å². The van der Waals surface area contributed by atoms with E-state index in [0.29, 0.717) is 0 Å². The molecule has 186 valence electrons. The van der Waals surface area contributed by atoms with Gasteiger partial charge >= 0.3 is 0 Å². The van der Waals surface area contributed by atoms with E-state index in [-0.39, 0.29) is 0 Å². The molecule has 0 fully saturated rings. The Balaban J connectivity index is 1.47. The molecule has 40 heavy (non-hydrogen) atoms. The highest BCUT2D eigenvalue weighted by atomic mass is 15.0. The fraction of sp³-hybridized carbons (Fsp3) is 0. The van der Waals surface area contributed by atoms with Crippen molar-refractivity contribution in [2.45, 2.75) is 0 Å². The lowest BCUT2D eigenvalue weighted by Gasteiger charge is -2.10. The second-order valence-corrected chi connectivity index (χ2v) is 10.4. The van der Waals surface area contributed by atoms with Crippen LogP contribution in [0.1, 0.15) is 0 Å². The number of fused-ring (bicyclic) bond motifs is 8. The number of para-hydroxylation sites is 2. The molecule has 0 aliphatic rings. The Morgan fingerprint density at radius 3 is 1.85 bits per heavy atom. The molecule has 4 nitrogen and oxygen atoms in total. The van der Waals surface area contributed by atoms with Crippen LogP contribution in [0.25, 0.3) is 76.8 Å².